The molecule has 2 aromatic rings. The van der Waals surface area contributed by atoms with E-state index < -0.39 is 0 Å². The van der Waals surface area contributed by atoms with Crippen LogP contribution in [0.4, 0.5) is 0 Å². The third-order valence-corrected chi connectivity index (χ3v) is 4.85. The zero-order valence-electron chi connectivity index (χ0n) is 11.9. The van der Waals surface area contributed by atoms with Crippen LogP contribution in [0.15, 0.2) is 5.51 Å². The van der Waals surface area contributed by atoms with Crippen LogP contribution in [0.1, 0.15) is 39.3 Å². The van der Waals surface area contributed by atoms with Gasteiger partial charge in [0.2, 0.25) is 0 Å². The number of aryl methyl sites for hydroxylation is 2. The van der Waals surface area contributed by atoms with Crippen LogP contribution in [0.3, 0.4) is 0 Å². The van der Waals surface area contributed by atoms with Crippen molar-refractivity contribution in [2.45, 2.75) is 33.1 Å². The van der Waals surface area contributed by atoms with Crippen LogP contribution >= 0.6 is 22.9 Å². The highest BCUT2D eigenvalue weighted by Crippen LogP contribution is 2.17. The van der Waals surface area contributed by atoms with E-state index in [0.717, 1.165) is 30.7 Å². The summed E-state index contributed by atoms with van der Waals surface area (Å²) in [6, 6.07) is 0. The summed E-state index contributed by atoms with van der Waals surface area (Å²) in [6.07, 6.45) is 2.61. The third-order valence-electron chi connectivity index (χ3n) is 3.10. The minimum absolute atomic E-state index is 0.0191. The van der Waals surface area contributed by atoms with Crippen LogP contribution < -0.4 is 0 Å². The summed E-state index contributed by atoms with van der Waals surface area (Å²) in [6.45, 7) is 4.76. The first-order valence-electron chi connectivity index (χ1n) is 6.59. The molecule has 0 aliphatic carbocycles. The Balaban J connectivity index is 1.98. The molecule has 0 aromatic carbocycles. The van der Waals surface area contributed by atoms with Gasteiger partial charge < -0.3 is 4.90 Å². The maximum absolute atomic E-state index is 12.4. The Labute approximate surface area is 126 Å². The van der Waals surface area contributed by atoms with Gasteiger partial charge >= 0.3 is 0 Å². The SMILES string of the molecule is CCCc1nnsc1C(=O)N(C)CCc1scnc1C. The molecule has 7 heteroatoms. The maximum atomic E-state index is 12.4. The number of aromatic nitrogens is 3. The van der Waals surface area contributed by atoms with E-state index in [4.69, 9.17) is 0 Å². The summed E-state index contributed by atoms with van der Waals surface area (Å²) < 4.78 is 3.90. The zero-order valence-corrected chi connectivity index (χ0v) is 13.6. The van der Waals surface area contributed by atoms with Crippen LogP contribution in [0.2, 0.25) is 0 Å². The minimum atomic E-state index is 0.0191. The zero-order chi connectivity index (χ0) is 14.5. The molecule has 0 aliphatic heterocycles. The number of hydrogen-bond donors (Lipinski definition) is 0. The second kappa shape index (κ2) is 6.90. The highest BCUT2D eigenvalue weighted by atomic mass is 32.1. The van der Waals surface area contributed by atoms with Gasteiger partial charge in [-0.3, -0.25) is 4.79 Å². The number of carbonyl (C=O) groups excluding carboxylic acids is 1. The fourth-order valence-corrected chi connectivity index (χ4v) is 3.36. The molecule has 0 fully saturated rings. The predicted octanol–water partition coefficient (Wildman–Crippen LogP) is 2.57. The fourth-order valence-electron chi connectivity index (χ4n) is 1.88. The van der Waals surface area contributed by atoms with Gasteiger partial charge in [0.25, 0.3) is 5.91 Å². The first kappa shape index (κ1) is 15.1. The predicted molar refractivity (Wildman–Crippen MR) is 81.4 cm³/mol. The highest BCUT2D eigenvalue weighted by molar-refractivity contribution is 7.09. The van der Waals surface area contributed by atoms with E-state index in [1.165, 1.54) is 16.4 Å². The lowest BCUT2D eigenvalue weighted by atomic mass is 10.2. The Bertz CT molecular complexity index is 578. The van der Waals surface area contributed by atoms with Crippen molar-refractivity contribution in [3.8, 4) is 0 Å². The first-order chi connectivity index (χ1) is 9.63. The lowest BCUT2D eigenvalue weighted by Crippen LogP contribution is -2.29. The molecule has 0 bridgehead atoms. The van der Waals surface area contributed by atoms with E-state index in [1.54, 1.807) is 16.2 Å². The normalized spacial score (nSPS) is 10.8. The molecule has 0 atom stereocenters. The lowest BCUT2D eigenvalue weighted by molar-refractivity contribution is 0.0800. The average molecular weight is 310 g/mol. The van der Waals surface area contributed by atoms with Crippen LogP contribution in [0.25, 0.3) is 0 Å². The Kier molecular flexibility index (Phi) is 5.19. The molecule has 2 rings (SSSR count). The van der Waals surface area contributed by atoms with E-state index in [-0.39, 0.29) is 5.91 Å². The Morgan fingerprint density at radius 2 is 2.20 bits per heavy atom. The van der Waals surface area contributed by atoms with Crippen molar-refractivity contribution in [2.24, 2.45) is 0 Å². The smallest absolute Gasteiger partial charge is 0.267 e. The number of nitrogens with zero attached hydrogens (tertiary/aromatic N) is 4. The number of hydrogen-bond acceptors (Lipinski definition) is 6. The van der Waals surface area contributed by atoms with Crippen molar-refractivity contribution in [2.75, 3.05) is 13.6 Å². The van der Waals surface area contributed by atoms with Crippen LogP contribution in [0.5, 0.6) is 0 Å². The van der Waals surface area contributed by atoms with Gasteiger partial charge in [-0.25, -0.2) is 4.98 Å². The quantitative estimate of drug-likeness (QED) is 0.823. The lowest BCUT2D eigenvalue weighted by Gasteiger charge is -2.16. The number of carbonyl (C=O) groups is 1. The molecule has 0 radical (unpaired) electrons. The Morgan fingerprint density at radius 1 is 1.40 bits per heavy atom. The molecule has 2 heterocycles. The Morgan fingerprint density at radius 3 is 2.85 bits per heavy atom. The molecule has 20 heavy (non-hydrogen) atoms. The molecule has 0 N–H and O–H groups in total. The Hall–Kier alpha value is -1.34. The van der Waals surface area contributed by atoms with Gasteiger partial charge in [0.15, 0.2) is 0 Å². The number of amides is 1. The van der Waals surface area contributed by atoms with E-state index in [2.05, 4.69) is 21.5 Å². The van der Waals surface area contributed by atoms with Crippen molar-refractivity contribution >= 4 is 28.8 Å². The van der Waals surface area contributed by atoms with E-state index >= 15 is 0 Å². The summed E-state index contributed by atoms with van der Waals surface area (Å²) in [4.78, 5) is 20.3. The molecule has 2 aromatic heterocycles. The maximum Gasteiger partial charge on any atom is 0.267 e. The van der Waals surface area contributed by atoms with Crippen molar-refractivity contribution in [1.29, 1.82) is 0 Å². The van der Waals surface area contributed by atoms with Gasteiger partial charge in [0.1, 0.15) is 4.88 Å². The van der Waals surface area contributed by atoms with Crippen molar-refractivity contribution in [1.82, 2.24) is 19.5 Å². The van der Waals surface area contributed by atoms with Crippen LogP contribution in [-0.4, -0.2) is 39.0 Å². The van der Waals surface area contributed by atoms with E-state index in [0.29, 0.717) is 11.4 Å². The summed E-state index contributed by atoms with van der Waals surface area (Å²) in [5.74, 6) is 0.0191. The number of likely N-dealkylation sites (N-methyl/N-ethyl adjacent to an activating group) is 1. The summed E-state index contributed by atoms with van der Waals surface area (Å²) in [5.41, 5.74) is 3.73. The van der Waals surface area contributed by atoms with Gasteiger partial charge in [0.05, 0.1) is 16.9 Å². The van der Waals surface area contributed by atoms with Gasteiger partial charge in [0, 0.05) is 24.9 Å². The van der Waals surface area contributed by atoms with Crippen LogP contribution in [-0.2, 0) is 12.8 Å². The van der Waals surface area contributed by atoms with Crippen molar-refractivity contribution < 1.29 is 4.79 Å². The second-order valence-corrected chi connectivity index (χ2v) is 6.33. The van der Waals surface area contributed by atoms with Gasteiger partial charge in [-0.2, -0.15) is 0 Å². The number of thiazole rings is 1. The molecule has 0 saturated carbocycles. The molecule has 1 amide bonds. The summed E-state index contributed by atoms with van der Waals surface area (Å²) in [5, 5.41) is 4.05. The molecule has 5 nitrogen and oxygen atoms in total. The van der Waals surface area contributed by atoms with Gasteiger partial charge in [-0.15, -0.1) is 16.4 Å². The average Bonchev–Trinajstić information content (AvgIpc) is 3.05. The topological polar surface area (TPSA) is 59.0 Å². The largest absolute Gasteiger partial charge is 0.341 e. The van der Waals surface area contributed by atoms with E-state index in [9.17, 15) is 4.79 Å². The van der Waals surface area contributed by atoms with Crippen molar-refractivity contribution in [3.05, 3.63) is 26.7 Å². The molecular formula is C13H18N4OS2. The molecular weight excluding hydrogens is 292 g/mol. The molecule has 108 valence electrons. The molecule has 0 spiro atoms. The van der Waals surface area contributed by atoms with Crippen molar-refractivity contribution in [3.63, 3.8) is 0 Å². The van der Waals surface area contributed by atoms with Gasteiger partial charge in [-0.1, -0.05) is 17.8 Å². The second-order valence-electron chi connectivity index (χ2n) is 4.64. The van der Waals surface area contributed by atoms with E-state index in [1.807, 2.05) is 19.5 Å². The summed E-state index contributed by atoms with van der Waals surface area (Å²) >= 11 is 2.83. The monoisotopic (exact) mass is 310 g/mol. The van der Waals surface area contributed by atoms with Gasteiger partial charge in [-0.05, 0) is 24.9 Å². The van der Waals surface area contributed by atoms with Crippen LogP contribution in [0, 0.1) is 6.92 Å². The fraction of sp³-hybridized carbons (Fsp3) is 0.538. The highest BCUT2D eigenvalue weighted by Gasteiger charge is 2.19. The minimum Gasteiger partial charge on any atom is -0.341 e. The molecule has 0 saturated heterocycles. The third kappa shape index (κ3) is 3.40. The molecule has 0 aliphatic rings. The standard InChI is InChI=1S/C13H18N4OS2/c1-4-5-10-12(20-16-15-10)13(18)17(3)7-6-11-9(2)14-8-19-11/h8H,4-7H2,1-3H3. The molecule has 0 unspecified atom stereocenters. The first-order valence-corrected chi connectivity index (χ1v) is 8.24. The number of rotatable bonds is 6. The summed E-state index contributed by atoms with van der Waals surface area (Å²) in [7, 11) is 1.83.